The van der Waals surface area contributed by atoms with Crippen molar-refractivity contribution in [3.05, 3.63) is 40.1 Å². The average Bonchev–Trinajstić information content (AvgIpc) is 2.68. The molecule has 3 N–H and O–H groups in total. The van der Waals surface area contributed by atoms with E-state index in [1.807, 2.05) is 18.4 Å². The molecule has 0 spiro atoms. The molecule has 0 aromatic carbocycles. The van der Waals surface area contributed by atoms with Gasteiger partial charge >= 0.3 is 0 Å². The highest BCUT2D eigenvalue weighted by atomic mass is 32.1. The van der Waals surface area contributed by atoms with Crippen molar-refractivity contribution in [3.63, 3.8) is 0 Å². The standard InChI is InChI=1S/C11H14N4S/c1-8-4-15-9(6-14-8)5-13-7-11-10(12)2-3-16-11/h2-4,6,13H,5,7,12H2,1H3. The van der Waals surface area contributed by atoms with Crippen LogP contribution in [0.15, 0.2) is 23.8 Å². The zero-order valence-corrected chi connectivity index (χ0v) is 9.92. The molecule has 0 saturated heterocycles. The van der Waals surface area contributed by atoms with Crippen molar-refractivity contribution < 1.29 is 0 Å². The maximum Gasteiger partial charge on any atom is 0.0724 e. The second kappa shape index (κ2) is 5.05. The van der Waals surface area contributed by atoms with Crippen molar-refractivity contribution >= 4 is 17.0 Å². The smallest absolute Gasteiger partial charge is 0.0724 e. The van der Waals surface area contributed by atoms with Crippen molar-refractivity contribution in [2.45, 2.75) is 20.0 Å². The summed E-state index contributed by atoms with van der Waals surface area (Å²) in [5.74, 6) is 0. The molecule has 2 rings (SSSR count). The Bertz CT molecular complexity index is 449. The number of anilines is 1. The molecular formula is C11H14N4S. The molecule has 0 amide bonds. The number of thiophene rings is 1. The molecule has 0 aliphatic rings. The number of hydrogen-bond acceptors (Lipinski definition) is 5. The highest BCUT2D eigenvalue weighted by Gasteiger charge is 2.00. The third-order valence-corrected chi connectivity index (χ3v) is 3.14. The van der Waals surface area contributed by atoms with Gasteiger partial charge in [0.1, 0.15) is 0 Å². The van der Waals surface area contributed by atoms with Crippen molar-refractivity contribution in [1.82, 2.24) is 15.3 Å². The van der Waals surface area contributed by atoms with Crippen LogP contribution in [0.4, 0.5) is 5.69 Å². The summed E-state index contributed by atoms with van der Waals surface area (Å²) in [6.07, 6.45) is 3.57. The fraction of sp³-hybridized carbons (Fsp3) is 0.273. The molecule has 0 radical (unpaired) electrons. The lowest BCUT2D eigenvalue weighted by molar-refractivity contribution is 0.683. The quantitative estimate of drug-likeness (QED) is 0.845. The molecule has 0 aliphatic heterocycles. The highest BCUT2D eigenvalue weighted by molar-refractivity contribution is 7.10. The monoisotopic (exact) mass is 234 g/mol. The van der Waals surface area contributed by atoms with Crippen molar-refractivity contribution in [2.75, 3.05) is 5.73 Å². The van der Waals surface area contributed by atoms with E-state index in [0.29, 0.717) is 6.54 Å². The van der Waals surface area contributed by atoms with E-state index in [1.54, 1.807) is 23.7 Å². The van der Waals surface area contributed by atoms with Gasteiger partial charge in [-0.15, -0.1) is 11.3 Å². The molecule has 0 atom stereocenters. The summed E-state index contributed by atoms with van der Waals surface area (Å²) >= 11 is 1.66. The molecule has 2 aromatic heterocycles. The Balaban J connectivity index is 1.84. The normalized spacial score (nSPS) is 10.6. The molecule has 16 heavy (non-hydrogen) atoms. The van der Waals surface area contributed by atoms with E-state index in [4.69, 9.17) is 5.73 Å². The highest BCUT2D eigenvalue weighted by Crippen LogP contribution is 2.18. The van der Waals surface area contributed by atoms with Crippen molar-refractivity contribution in [2.24, 2.45) is 0 Å². The third kappa shape index (κ3) is 2.77. The lowest BCUT2D eigenvalue weighted by atomic mass is 10.3. The zero-order chi connectivity index (χ0) is 11.4. The van der Waals surface area contributed by atoms with Gasteiger partial charge in [-0.1, -0.05) is 0 Å². The molecule has 4 nitrogen and oxygen atoms in total. The number of nitrogen functional groups attached to an aromatic ring is 1. The Labute approximate surface area is 98.6 Å². The van der Waals surface area contributed by atoms with Gasteiger partial charge in [-0.2, -0.15) is 0 Å². The first-order valence-corrected chi connectivity index (χ1v) is 5.94. The largest absolute Gasteiger partial charge is 0.398 e. The Morgan fingerprint density at radius 2 is 2.19 bits per heavy atom. The van der Waals surface area contributed by atoms with Crippen LogP contribution in [0, 0.1) is 6.92 Å². The van der Waals surface area contributed by atoms with Crippen LogP contribution in [0.1, 0.15) is 16.3 Å². The number of rotatable bonds is 4. The molecule has 0 unspecified atom stereocenters. The zero-order valence-electron chi connectivity index (χ0n) is 9.10. The second-order valence-electron chi connectivity index (χ2n) is 3.55. The van der Waals surface area contributed by atoms with E-state index in [-0.39, 0.29) is 0 Å². The lowest BCUT2D eigenvalue weighted by Crippen LogP contribution is -2.13. The maximum absolute atomic E-state index is 5.78. The minimum absolute atomic E-state index is 0.713. The summed E-state index contributed by atoms with van der Waals surface area (Å²) in [5.41, 5.74) is 8.52. The second-order valence-corrected chi connectivity index (χ2v) is 4.55. The predicted octanol–water partition coefficient (Wildman–Crippen LogP) is 1.72. The van der Waals surface area contributed by atoms with Crippen LogP contribution in [0.2, 0.25) is 0 Å². The van der Waals surface area contributed by atoms with E-state index in [2.05, 4.69) is 15.3 Å². The van der Waals surface area contributed by atoms with Gasteiger partial charge in [0, 0.05) is 36.0 Å². The average molecular weight is 234 g/mol. The van der Waals surface area contributed by atoms with Gasteiger partial charge < -0.3 is 11.1 Å². The Morgan fingerprint density at radius 3 is 2.81 bits per heavy atom. The molecule has 2 heterocycles. The summed E-state index contributed by atoms with van der Waals surface area (Å²) in [7, 11) is 0. The molecule has 84 valence electrons. The molecule has 0 aliphatic carbocycles. The minimum atomic E-state index is 0.713. The Hall–Kier alpha value is -1.46. The summed E-state index contributed by atoms with van der Waals surface area (Å²) in [6.45, 7) is 3.42. The molecule has 5 heteroatoms. The van der Waals surface area contributed by atoms with Crippen LogP contribution >= 0.6 is 11.3 Å². The van der Waals surface area contributed by atoms with E-state index < -0.39 is 0 Å². The third-order valence-electron chi connectivity index (χ3n) is 2.21. The number of nitrogens with zero attached hydrogens (tertiary/aromatic N) is 2. The maximum atomic E-state index is 5.78. The molecule has 2 aromatic rings. The minimum Gasteiger partial charge on any atom is -0.398 e. The lowest BCUT2D eigenvalue weighted by Gasteiger charge is -2.03. The van der Waals surface area contributed by atoms with Gasteiger partial charge in [0.15, 0.2) is 0 Å². The van der Waals surface area contributed by atoms with Crippen LogP contribution < -0.4 is 11.1 Å². The van der Waals surface area contributed by atoms with E-state index in [1.165, 1.54) is 4.88 Å². The van der Waals surface area contributed by atoms with Gasteiger partial charge in [-0.05, 0) is 18.4 Å². The number of aryl methyl sites for hydroxylation is 1. The summed E-state index contributed by atoms with van der Waals surface area (Å²) in [6, 6.07) is 1.92. The van der Waals surface area contributed by atoms with Crippen LogP contribution in [-0.4, -0.2) is 9.97 Å². The van der Waals surface area contributed by atoms with E-state index in [9.17, 15) is 0 Å². The van der Waals surface area contributed by atoms with Crippen LogP contribution in [-0.2, 0) is 13.1 Å². The van der Waals surface area contributed by atoms with Crippen molar-refractivity contribution in [3.8, 4) is 0 Å². The van der Waals surface area contributed by atoms with Gasteiger partial charge in [0.2, 0.25) is 0 Å². The predicted molar refractivity (Wildman–Crippen MR) is 66.0 cm³/mol. The topological polar surface area (TPSA) is 63.8 Å². The fourth-order valence-electron chi connectivity index (χ4n) is 1.31. The Morgan fingerprint density at radius 1 is 1.31 bits per heavy atom. The van der Waals surface area contributed by atoms with E-state index >= 15 is 0 Å². The summed E-state index contributed by atoms with van der Waals surface area (Å²) < 4.78 is 0. The fourth-order valence-corrected chi connectivity index (χ4v) is 2.08. The molecule has 0 bridgehead atoms. The summed E-state index contributed by atoms with van der Waals surface area (Å²) in [5, 5.41) is 5.29. The van der Waals surface area contributed by atoms with Gasteiger partial charge in [-0.3, -0.25) is 9.97 Å². The SMILES string of the molecule is Cc1cnc(CNCc2sccc2N)cn1. The Kier molecular flexibility index (Phi) is 3.48. The number of hydrogen-bond donors (Lipinski definition) is 2. The number of aromatic nitrogens is 2. The molecule has 0 saturated carbocycles. The van der Waals surface area contributed by atoms with Crippen LogP contribution in [0.5, 0.6) is 0 Å². The molecule has 0 fully saturated rings. The van der Waals surface area contributed by atoms with Crippen LogP contribution in [0.25, 0.3) is 0 Å². The van der Waals surface area contributed by atoms with Crippen LogP contribution in [0.3, 0.4) is 0 Å². The first-order valence-electron chi connectivity index (χ1n) is 5.06. The van der Waals surface area contributed by atoms with Gasteiger partial charge in [0.25, 0.3) is 0 Å². The first-order chi connectivity index (χ1) is 7.75. The van der Waals surface area contributed by atoms with E-state index in [0.717, 1.165) is 23.6 Å². The van der Waals surface area contributed by atoms with Gasteiger partial charge in [-0.25, -0.2) is 0 Å². The number of nitrogens with one attached hydrogen (secondary N) is 1. The van der Waals surface area contributed by atoms with Crippen molar-refractivity contribution in [1.29, 1.82) is 0 Å². The number of nitrogens with two attached hydrogens (primary N) is 1. The first kappa shape index (κ1) is 11.0. The molecular weight excluding hydrogens is 220 g/mol. The van der Waals surface area contributed by atoms with Gasteiger partial charge in [0.05, 0.1) is 11.4 Å². The summed E-state index contributed by atoms with van der Waals surface area (Å²) in [4.78, 5) is 9.62.